The summed E-state index contributed by atoms with van der Waals surface area (Å²) in [4.78, 5) is 29.7. The lowest BCUT2D eigenvalue weighted by Gasteiger charge is -2.32. The molecule has 158 valence electrons. The number of piperidine rings is 1. The van der Waals surface area contributed by atoms with Gasteiger partial charge in [-0.2, -0.15) is 0 Å². The first kappa shape index (κ1) is 20.2. The lowest BCUT2D eigenvalue weighted by molar-refractivity contribution is -0.136. The topological polar surface area (TPSA) is 52.7 Å². The molecule has 0 radical (unpaired) electrons. The van der Waals surface area contributed by atoms with Gasteiger partial charge in [0.05, 0.1) is 0 Å². The Balaban J connectivity index is 1.25. The third-order valence-electron chi connectivity index (χ3n) is 7.15. The van der Waals surface area contributed by atoms with Crippen LogP contribution in [0, 0.1) is 17.8 Å². The Morgan fingerprint density at radius 3 is 2.03 bits per heavy atom. The zero-order valence-electron chi connectivity index (χ0n) is 17.7. The molecule has 2 saturated heterocycles. The third-order valence-corrected chi connectivity index (χ3v) is 7.15. The van der Waals surface area contributed by atoms with Crippen molar-refractivity contribution in [3.8, 4) is 0 Å². The number of nitrogens with zero attached hydrogens (tertiary/aromatic N) is 2. The first-order chi connectivity index (χ1) is 14.1. The largest absolute Gasteiger partial charge is 0.372 e. The van der Waals surface area contributed by atoms with Crippen LogP contribution in [0.15, 0.2) is 24.3 Å². The zero-order valence-corrected chi connectivity index (χ0v) is 17.7. The highest BCUT2D eigenvalue weighted by Gasteiger charge is 2.33. The maximum Gasteiger partial charge on any atom is 0.227 e. The van der Waals surface area contributed by atoms with Crippen LogP contribution >= 0.6 is 0 Å². The molecule has 3 fully saturated rings. The average molecular weight is 398 g/mol. The molecular formula is C24H35N3O2. The number of rotatable bonds is 4. The van der Waals surface area contributed by atoms with Crippen molar-refractivity contribution in [1.29, 1.82) is 0 Å². The lowest BCUT2D eigenvalue weighted by Crippen LogP contribution is -2.37. The Morgan fingerprint density at radius 1 is 0.828 bits per heavy atom. The number of hydrogen-bond acceptors (Lipinski definition) is 3. The van der Waals surface area contributed by atoms with Crippen molar-refractivity contribution in [2.45, 2.75) is 58.3 Å². The third kappa shape index (κ3) is 4.93. The van der Waals surface area contributed by atoms with Gasteiger partial charge in [-0.3, -0.25) is 9.59 Å². The van der Waals surface area contributed by atoms with E-state index in [1.807, 2.05) is 17.0 Å². The SMILES string of the molecule is CC1CCN(c2ccc(NC(=O)C3CCC(C(=O)N4CCCC4)CC3)cc2)CC1. The summed E-state index contributed by atoms with van der Waals surface area (Å²) in [5.74, 6) is 1.41. The molecule has 4 rings (SSSR count). The Bertz CT molecular complexity index is 695. The van der Waals surface area contributed by atoms with Crippen LogP contribution in [-0.4, -0.2) is 42.9 Å². The normalized spacial score (nSPS) is 25.8. The van der Waals surface area contributed by atoms with E-state index in [2.05, 4.69) is 29.3 Å². The number of amides is 2. The predicted molar refractivity (Wildman–Crippen MR) is 117 cm³/mol. The van der Waals surface area contributed by atoms with Crippen LogP contribution in [0.5, 0.6) is 0 Å². The van der Waals surface area contributed by atoms with E-state index in [9.17, 15) is 9.59 Å². The van der Waals surface area contributed by atoms with Crippen LogP contribution < -0.4 is 10.2 Å². The van der Waals surface area contributed by atoms with Crippen molar-refractivity contribution in [1.82, 2.24) is 4.90 Å². The van der Waals surface area contributed by atoms with E-state index in [4.69, 9.17) is 0 Å². The van der Waals surface area contributed by atoms with Gasteiger partial charge in [0.25, 0.3) is 0 Å². The van der Waals surface area contributed by atoms with E-state index in [0.29, 0.717) is 5.91 Å². The minimum atomic E-state index is 0.0286. The summed E-state index contributed by atoms with van der Waals surface area (Å²) in [6.07, 6.45) is 8.11. The van der Waals surface area contributed by atoms with E-state index in [0.717, 1.165) is 76.3 Å². The van der Waals surface area contributed by atoms with E-state index in [1.54, 1.807) is 0 Å². The van der Waals surface area contributed by atoms with Gasteiger partial charge in [0.15, 0.2) is 0 Å². The zero-order chi connectivity index (χ0) is 20.2. The summed E-state index contributed by atoms with van der Waals surface area (Å²) in [7, 11) is 0. The maximum absolute atomic E-state index is 12.7. The fourth-order valence-corrected chi connectivity index (χ4v) is 5.06. The van der Waals surface area contributed by atoms with Crippen molar-refractivity contribution in [3.05, 3.63) is 24.3 Å². The molecule has 0 atom stereocenters. The molecule has 5 heteroatoms. The highest BCUT2D eigenvalue weighted by Crippen LogP contribution is 2.32. The molecule has 2 heterocycles. The molecule has 2 amide bonds. The van der Waals surface area contributed by atoms with Crippen LogP contribution in [-0.2, 0) is 9.59 Å². The Hall–Kier alpha value is -2.04. The molecular weight excluding hydrogens is 362 g/mol. The summed E-state index contributed by atoms with van der Waals surface area (Å²) in [5, 5.41) is 3.10. The second-order valence-electron chi connectivity index (χ2n) is 9.29. The number of nitrogens with one attached hydrogen (secondary N) is 1. The molecule has 1 aliphatic carbocycles. The molecule has 1 N–H and O–H groups in total. The summed E-state index contributed by atoms with van der Waals surface area (Å²) in [6.45, 7) is 6.40. The minimum absolute atomic E-state index is 0.0286. The molecule has 2 aliphatic heterocycles. The summed E-state index contributed by atoms with van der Waals surface area (Å²) >= 11 is 0. The molecule has 1 aromatic carbocycles. The molecule has 1 aromatic rings. The monoisotopic (exact) mass is 397 g/mol. The fourth-order valence-electron chi connectivity index (χ4n) is 5.06. The van der Waals surface area contributed by atoms with E-state index in [1.165, 1.54) is 18.5 Å². The standard InChI is InChI=1S/C24H35N3O2/c1-18-12-16-26(17-13-18)22-10-8-21(9-11-22)25-23(28)19-4-6-20(7-5-19)24(29)27-14-2-3-15-27/h8-11,18-20H,2-7,12-17H2,1H3,(H,25,28). The molecule has 0 bridgehead atoms. The summed E-state index contributed by atoms with van der Waals surface area (Å²) in [6, 6.07) is 8.29. The lowest BCUT2D eigenvalue weighted by atomic mass is 9.81. The van der Waals surface area contributed by atoms with Crippen molar-refractivity contribution in [2.24, 2.45) is 17.8 Å². The second-order valence-corrected chi connectivity index (χ2v) is 9.29. The highest BCUT2D eigenvalue weighted by atomic mass is 16.2. The Labute approximate surface area is 174 Å². The maximum atomic E-state index is 12.7. The quantitative estimate of drug-likeness (QED) is 0.825. The van der Waals surface area contributed by atoms with Crippen molar-refractivity contribution in [3.63, 3.8) is 0 Å². The number of likely N-dealkylation sites (tertiary alicyclic amines) is 1. The van der Waals surface area contributed by atoms with Crippen molar-refractivity contribution in [2.75, 3.05) is 36.4 Å². The molecule has 29 heavy (non-hydrogen) atoms. The van der Waals surface area contributed by atoms with Gasteiger partial charge in [0.1, 0.15) is 0 Å². The van der Waals surface area contributed by atoms with Crippen molar-refractivity contribution >= 4 is 23.2 Å². The molecule has 0 spiro atoms. The first-order valence-corrected chi connectivity index (χ1v) is 11.5. The number of anilines is 2. The summed E-state index contributed by atoms with van der Waals surface area (Å²) < 4.78 is 0. The number of hydrogen-bond donors (Lipinski definition) is 1. The highest BCUT2D eigenvalue weighted by molar-refractivity contribution is 5.93. The molecule has 0 unspecified atom stereocenters. The van der Waals surface area contributed by atoms with E-state index < -0.39 is 0 Å². The summed E-state index contributed by atoms with van der Waals surface area (Å²) in [5.41, 5.74) is 2.12. The van der Waals surface area contributed by atoms with Gasteiger partial charge < -0.3 is 15.1 Å². The first-order valence-electron chi connectivity index (χ1n) is 11.5. The second kappa shape index (κ2) is 9.19. The van der Waals surface area contributed by atoms with Gasteiger partial charge in [-0.05, 0) is 81.5 Å². The molecule has 5 nitrogen and oxygen atoms in total. The molecule has 3 aliphatic rings. The van der Waals surface area contributed by atoms with Crippen LogP contribution in [0.2, 0.25) is 0 Å². The number of benzene rings is 1. The number of carbonyl (C=O) groups excluding carboxylic acids is 2. The Morgan fingerprint density at radius 2 is 1.41 bits per heavy atom. The van der Waals surface area contributed by atoms with Gasteiger partial charge in [-0.1, -0.05) is 6.92 Å². The minimum Gasteiger partial charge on any atom is -0.372 e. The van der Waals surface area contributed by atoms with Gasteiger partial charge in [-0.15, -0.1) is 0 Å². The molecule has 0 aromatic heterocycles. The van der Waals surface area contributed by atoms with Crippen molar-refractivity contribution < 1.29 is 9.59 Å². The number of carbonyl (C=O) groups is 2. The van der Waals surface area contributed by atoms with Crippen LogP contribution in [0.4, 0.5) is 11.4 Å². The average Bonchev–Trinajstić information content (AvgIpc) is 3.29. The van der Waals surface area contributed by atoms with Crippen LogP contribution in [0.1, 0.15) is 58.3 Å². The van der Waals surface area contributed by atoms with Crippen LogP contribution in [0.25, 0.3) is 0 Å². The predicted octanol–water partition coefficient (Wildman–Crippen LogP) is 4.29. The Kier molecular flexibility index (Phi) is 6.41. The van der Waals surface area contributed by atoms with Gasteiger partial charge in [0.2, 0.25) is 11.8 Å². The molecule has 1 saturated carbocycles. The van der Waals surface area contributed by atoms with Gasteiger partial charge in [0, 0.05) is 49.4 Å². The smallest absolute Gasteiger partial charge is 0.227 e. The fraction of sp³-hybridized carbons (Fsp3) is 0.667. The van der Waals surface area contributed by atoms with Gasteiger partial charge >= 0.3 is 0 Å². The van der Waals surface area contributed by atoms with E-state index in [-0.39, 0.29) is 17.7 Å². The van der Waals surface area contributed by atoms with Crippen LogP contribution in [0.3, 0.4) is 0 Å². The van der Waals surface area contributed by atoms with E-state index >= 15 is 0 Å². The van der Waals surface area contributed by atoms with Gasteiger partial charge in [-0.25, -0.2) is 0 Å².